The molecule has 1 saturated heterocycles. The van der Waals surface area contributed by atoms with E-state index in [-0.39, 0.29) is 11.5 Å². The van der Waals surface area contributed by atoms with Crippen LogP contribution in [0.15, 0.2) is 42.2 Å². The maximum Gasteiger partial charge on any atom is 0.231 e. The number of Topliss-reactive ketones (excluding diaryl/α,β-unsaturated/α-hetero) is 1. The van der Waals surface area contributed by atoms with Crippen molar-refractivity contribution in [3.63, 3.8) is 0 Å². The summed E-state index contributed by atoms with van der Waals surface area (Å²) in [5.74, 6) is 1.62. The average molecular weight is 421 g/mol. The Morgan fingerprint density at radius 2 is 1.77 bits per heavy atom. The zero-order valence-corrected chi connectivity index (χ0v) is 18.7. The molecule has 0 unspecified atom stereocenters. The fourth-order valence-corrected chi connectivity index (χ4v) is 4.41. The molecule has 5 heteroatoms. The van der Waals surface area contributed by atoms with Crippen molar-refractivity contribution < 1.29 is 14.6 Å². The zero-order chi connectivity index (χ0) is 22.0. The van der Waals surface area contributed by atoms with Crippen molar-refractivity contribution in [2.24, 2.45) is 5.92 Å². The highest BCUT2D eigenvalue weighted by molar-refractivity contribution is 6.15. The van der Waals surface area contributed by atoms with Crippen LogP contribution >= 0.6 is 0 Å². The molecule has 2 aliphatic rings. The van der Waals surface area contributed by atoms with Gasteiger partial charge in [0.2, 0.25) is 5.78 Å². The summed E-state index contributed by atoms with van der Waals surface area (Å²) in [6.45, 7) is 11.1. The number of phenolic OH excluding ortho intramolecular Hbond substituents is 1. The van der Waals surface area contributed by atoms with Crippen LogP contribution in [0.1, 0.15) is 55.1 Å². The Balaban J connectivity index is 1.56. The summed E-state index contributed by atoms with van der Waals surface area (Å²) in [6.07, 6.45) is 4.10. The molecule has 2 aliphatic heterocycles. The summed E-state index contributed by atoms with van der Waals surface area (Å²) >= 11 is 0. The number of hydrogen-bond acceptors (Lipinski definition) is 5. The summed E-state index contributed by atoms with van der Waals surface area (Å²) < 4.78 is 6.03. The number of allylic oxidation sites excluding steroid dienone is 1. The van der Waals surface area contributed by atoms with Gasteiger partial charge in [0.25, 0.3) is 0 Å². The summed E-state index contributed by atoms with van der Waals surface area (Å²) in [7, 11) is 0. The van der Waals surface area contributed by atoms with E-state index in [0.717, 1.165) is 56.2 Å². The van der Waals surface area contributed by atoms with Gasteiger partial charge in [-0.2, -0.15) is 0 Å². The topological polar surface area (TPSA) is 53.0 Å². The molecule has 2 heterocycles. The normalized spacial score (nSPS) is 18.3. The predicted octanol–water partition coefficient (Wildman–Crippen LogP) is 5.09. The largest absolute Gasteiger partial charge is 0.507 e. The number of ether oxygens (including phenoxy) is 1. The van der Waals surface area contributed by atoms with Gasteiger partial charge in [-0.15, -0.1) is 0 Å². The molecule has 0 aliphatic carbocycles. The lowest BCUT2D eigenvalue weighted by atomic mass is 9.98. The molecule has 0 atom stereocenters. The average Bonchev–Trinajstić information content (AvgIpc) is 3.09. The molecule has 0 spiro atoms. The van der Waals surface area contributed by atoms with Crippen molar-refractivity contribution >= 4 is 17.5 Å². The first-order valence-corrected chi connectivity index (χ1v) is 11.4. The van der Waals surface area contributed by atoms with Crippen LogP contribution in [0.5, 0.6) is 11.5 Å². The first-order chi connectivity index (χ1) is 15.0. The lowest BCUT2D eigenvalue weighted by Gasteiger charge is -2.30. The molecule has 5 nitrogen and oxygen atoms in total. The maximum atomic E-state index is 13.0. The number of anilines is 1. The van der Waals surface area contributed by atoms with Crippen molar-refractivity contribution in [1.82, 2.24) is 4.90 Å². The monoisotopic (exact) mass is 420 g/mol. The third-order valence-electron chi connectivity index (χ3n) is 6.49. The number of aromatic hydroxyl groups is 1. The van der Waals surface area contributed by atoms with Gasteiger partial charge < -0.3 is 14.7 Å². The number of nitrogens with zero attached hydrogens (tertiary/aromatic N) is 2. The number of hydrogen-bond donors (Lipinski definition) is 1. The quantitative estimate of drug-likeness (QED) is 0.660. The van der Waals surface area contributed by atoms with Crippen molar-refractivity contribution in [2.45, 2.75) is 40.2 Å². The van der Waals surface area contributed by atoms with E-state index >= 15 is 0 Å². The Labute approximate surface area is 184 Å². The molecule has 0 saturated carbocycles. The Kier molecular flexibility index (Phi) is 6.33. The molecule has 0 aromatic heterocycles. The van der Waals surface area contributed by atoms with Crippen LogP contribution in [-0.4, -0.2) is 42.0 Å². The van der Waals surface area contributed by atoms with E-state index in [1.807, 2.05) is 12.1 Å². The van der Waals surface area contributed by atoms with Crippen molar-refractivity contribution in [3.8, 4) is 11.5 Å². The second kappa shape index (κ2) is 9.15. The number of fused-ring (bicyclic) bond motifs is 1. The van der Waals surface area contributed by atoms with E-state index in [1.165, 1.54) is 0 Å². The summed E-state index contributed by atoms with van der Waals surface area (Å²) in [5.41, 5.74) is 3.32. The highest BCUT2D eigenvalue weighted by atomic mass is 16.5. The number of likely N-dealkylation sites (tertiary alicyclic amines) is 1. The molecule has 0 bridgehead atoms. The van der Waals surface area contributed by atoms with Crippen LogP contribution in [0.25, 0.3) is 6.08 Å². The number of piperidine rings is 1. The number of ketones is 1. The number of benzene rings is 2. The molecule has 4 rings (SSSR count). The number of carbonyl (C=O) groups excluding carboxylic acids is 1. The summed E-state index contributed by atoms with van der Waals surface area (Å²) in [4.78, 5) is 17.6. The minimum atomic E-state index is -0.128. The molecule has 31 heavy (non-hydrogen) atoms. The lowest BCUT2D eigenvalue weighted by molar-refractivity contribution is 0.101. The van der Waals surface area contributed by atoms with Crippen molar-refractivity contribution in [2.75, 3.05) is 31.1 Å². The fourth-order valence-electron chi connectivity index (χ4n) is 4.41. The minimum Gasteiger partial charge on any atom is -0.507 e. The summed E-state index contributed by atoms with van der Waals surface area (Å²) in [6, 6.07) is 11.4. The molecular formula is C26H32N2O3. The third-order valence-corrected chi connectivity index (χ3v) is 6.49. The second-order valence-electron chi connectivity index (χ2n) is 8.60. The van der Waals surface area contributed by atoms with Crippen LogP contribution in [0.3, 0.4) is 0 Å². The fraction of sp³-hybridized carbons (Fsp3) is 0.423. The molecular weight excluding hydrogens is 388 g/mol. The first kappa shape index (κ1) is 21.4. The van der Waals surface area contributed by atoms with Gasteiger partial charge >= 0.3 is 0 Å². The molecule has 2 aromatic rings. The van der Waals surface area contributed by atoms with E-state index in [0.29, 0.717) is 29.2 Å². The number of carbonyl (C=O) groups is 1. The third kappa shape index (κ3) is 4.47. The van der Waals surface area contributed by atoms with Crippen LogP contribution in [0.2, 0.25) is 0 Å². The highest BCUT2D eigenvalue weighted by Crippen LogP contribution is 2.40. The molecule has 1 fully saturated rings. The predicted molar refractivity (Wildman–Crippen MR) is 125 cm³/mol. The molecule has 1 N–H and O–H groups in total. The van der Waals surface area contributed by atoms with Gasteiger partial charge in [-0.1, -0.05) is 19.1 Å². The van der Waals surface area contributed by atoms with Crippen LogP contribution < -0.4 is 9.64 Å². The van der Waals surface area contributed by atoms with Crippen molar-refractivity contribution in [1.29, 1.82) is 0 Å². The Hall–Kier alpha value is -2.79. The van der Waals surface area contributed by atoms with E-state index in [1.54, 1.807) is 18.2 Å². The molecule has 0 radical (unpaired) electrons. The van der Waals surface area contributed by atoms with Gasteiger partial charge in [0, 0.05) is 25.3 Å². The van der Waals surface area contributed by atoms with E-state index in [2.05, 4.69) is 42.7 Å². The number of rotatable bonds is 6. The highest BCUT2D eigenvalue weighted by Gasteiger charge is 2.32. The van der Waals surface area contributed by atoms with Crippen LogP contribution in [0.4, 0.5) is 5.69 Å². The van der Waals surface area contributed by atoms with Gasteiger partial charge in [0.05, 0.1) is 11.1 Å². The van der Waals surface area contributed by atoms with Crippen LogP contribution in [0, 0.1) is 5.92 Å². The number of phenols is 1. The zero-order valence-electron chi connectivity index (χ0n) is 18.7. The molecule has 0 amide bonds. The minimum absolute atomic E-state index is 0.128. The van der Waals surface area contributed by atoms with Crippen molar-refractivity contribution in [3.05, 3.63) is 58.8 Å². The Bertz CT molecular complexity index is 969. The SMILES string of the molecule is CCN(CC)c1ccc(/C=C2\Oc3c(ccc(O)c3CN3CCC(C)CC3)C2=O)cc1. The van der Waals surface area contributed by atoms with E-state index in [4.69, 9.17) is 4.74 Å². The summed E-state index contributed by atoms with van der Waals surface area (Å²) in [5, 5.41) is 10.5. The van der Waals surface area contributed by atoms with Gasteiger partial charge in [0.1, 0.15) is 11.5 Å². The Morgan fingerprint density at radius 3 is 2.42 bits per heavy atom. The van der Waals surface area contributed by atoms with Gasteiger partial charge in [0.15, 0.2) is 5.76 Å². The maximum absolute atomic E-state index is 13.0. The van der Waals surface area contributed by atoms with Gasteiger partial charge in [-0.05, 0) is 81.6 Å². The lowest BCUT2D eigenvalue weighted by Crippen LogP contribution is -2.32. The smallest absolute Gasteiger partial charge is 0.231 e. The second-order valence-corrected chi connectivity index (χ2v) is 8.60. The standard InChI is InChI=1S/C26H32N2O3/c1-4-28(5-2)20-8-6-19(7-9-20)16-24-25(30)21-10-11-23(29)22(26(21)31-24)17-27-14-12-18(3)13-15-27/h6-11,16,18,29H,4-5,12-15,17H2,1-3H3/b24-16-. The molecule has 2 aromatic carbocycles. The van der Waals surface area contributed by atoms with Crippen LogP contribution in [-0.2, 0) is 6.54 Å². The van der Waals surface area contributed by atoms with Gasteiger partial charge in [-0.25, -0.2) is 0 Å². The van der Waals surface area contributed by atoms with E-state index < -0.39 is 0 Å². The Morgan fingerprint density at radius 1 is 1.10 bits per heavy atom. The van der Waals surface area contributed by atoms with Gasteiger partial charge in [-0.3, -0.25) is 9.69 Å². The van der Waals surface area contributed by atoms with E-state index in [9.17, 15) is 9.90 Å². The first-order valence-electron chi connectivity index (χ1n) is 11.4. The molecule has 164 valence electrons.